The topological polar surface area (TPSA) is 73.0 Å². The molecule has 0 N–H and O–H groups in total. The van der Waals surface area contributed by atoms with Crippen molar-refractivity contribution in [3.8, 4) is 5.69 Å². The first-order valence-corrected chi connectivity index (χ1v) is 9.10. The number of aromatic nitrogens is 4. The fraction of sp³-hybridized carbons (Fsp3) is 0.500. The molecule has 1 saturated carbocycles. The molecule has 0 bridgehead atoms. The highest BCUT2D eigenvalue weighted by molar-refractivity contribution is 6.43. The van der Waals surface area contributed by atoms with Crippen LogP contribution in [0.15, 0.2) is 23.0 Å². The number of carbonyl (C=O) groups excluding carboxylic acids is 1. The van der Waals surface area contributed by atoms with E-state index in [0.717, 1.165) is 35.0 Å². The number of amides is 1. The van der Waals surface area contributed by atoms with E-state index in [9.17, 15) is 9.59 Å². The van der Waals surface area contributed by atoms with Crippen molar-refractivity contribution in [2.75, 3.05) is 6.54 Å². The van der Waals surface area contributed by atoms with Crippen LogP contribution in [0, 0.1) is 0 Å². The number of benzene rings is 1. The minimum Gasteiger partial charge on any atom is -0.320 e. The molecule has 1 aromatic heterocycles. The van der Waals surface area contributed by atoms with Crippen LogP contribution in [-0.4, -0.2) is 43.3 Å². The zero-order valence-electron chi connectivity index (χ0n) is 13.9. The Labute approximate surface area is 155 Å². The summed E-state index contributed by atoms with van der Waals surface area (Å²) < 4.78 is 1.77. The van der Waals surface area contributed by atoms with E-state index in [4.69, 9.17) is 23.2 Å². The number of nitrogens with zero attached hydrogens (tertiary/aromatic N) is 5. The second kappa shape index (κ2) is 7.58. The van der Waals surface area contributed by atoms with Crippen LogP contribution in [-0.2, 0) is 0 Å². The van der Waals surface area contributed by atoms with Crippen LogP contribution in [0.1, 0.15) is 39.0 Å². The van der Waals surface area contributed by atoms with Crippen LogP contribution in [0.5, 0.6) is 0 Å². The molecule has 0 atom stereocenters. The first-order chi connectivity index (χ1) is 12.0. The quantitative estimate of drug-likeness (QED) is 0.761. The summed E-state index contributed by atoms with van der Waals surface area (Å²) in [5, 5.41) is 8.03. The van der Waals surface area contributed by atoms with Crippen LogP contribution in [0.25, 0.3) is 5.69 Å². The van der Waals surface area contributed by atoms with Gasteiger partial charge in [0.15, 0.2) is 0 Å². The number of carbonyl (C=O) groups is 1. The monoisotopic (exact) mass is 383 g/mol. The third kappa shape index (κ3) is 3.43. The van der Waals surface area contributed by atoms with Crippen molar-refractivity contribution in [2.24, 2.45) is 0 Å². The maximum Gasteiger partial charge on any atom is 0.377 e. The van der Waals surface area contributed by atoms with E-state index in [1.165, 1.54) is 6.42 Å². The van der Waals surface area contributed by atoms with Gasteiger partial charge >= 0.3 is 11.7 Å². The molecule has 1 amide bonds. The molecule has 25 heavy (non-hydrogen) atoms. The Balaban J connectivity index is 1.93. The predicted molar refractivity (Wildman–Crippen MR) is 95.7 cm³/mol. The zero-order valence-corrected chi connectivity index (χ0v) is 15.4. The SMILES string of the molecule is CCN(C(=O)n1nnn(-c2cccc(Cl)c2Cl)c1=O)C1CCCCC1. The van der Waals surface area contributed by atoms with Crippen molar-refractivity contribution in [3.05, 3.63) is 38.7 Å². The van der Waals surface area contributed by atoms with Crippen molar-refractivity contribution >= 4 is 29.2 Å². The number of hydrogen-bond donors (Lipinski definition) is 0. The van der Waals surface area contributed by atoms with Gasteiger partial charge in [0.2, 0.25) is 0 Å². The molecular weight excluding hydrogens is 365 g/mol. The maximum absolute atomic E-state index is 12.8. The standard InChI is InChI=1S/C16H19Cl2N5O2/c1-2-21(11-7-4-3-5-8-11)15(24)23-16(25)22(19-20-23)13-10-6-9-12(17)14(13)18/h6,9-11H,2-5,7-8H2,1H3. The summed E-state index contributed by atoms with van der Waals surface area (Å²) in [4.78, 5) is 27.1. The van der Waals surface area contributed by atoms with Crippen LogP contribution in [0.3, 0.4) is 0 Å². The summed E-state index contributed by atoms with van der Waals surface area (Å²) >= 11 is 12.1. The second-order valence-corrected chi connectivity index (χ2v) is 6.80. The molecule has 0 spiro atoms. The molecule has 1 heterocycles. The van der Waals surface area contributed by atoms with Crippen molar-refractivity contribution in [1.82, 2.24) is 24.7 Å². The molecule has 1 aliphatic carbocycles. The van der Waals surface area contributed by atoms with Gasteiger partial charge in [-0.15, -0.1) is 4.68 Å². The summed E-state index contributed by atoms with van der Waals surface area (Å²) in [5.41, 5.74) is -0.373. The van der Waals surface area contributed by atoms with E-state index < -0.39 is 11.7 Å². The molecule has 2 aromatic rings. The maximum atomic E-state index is 12.8. The minimum atomic E-state index is -0.663. The minimum absolute atomic E-state index is 0.137. The first-order valence-electron chi connectivity index (χ1n) is 8.35. The van der Waals surface area contributed by atoms with Gasteiger partial charge in [-0.25, -0.2) is 9.59 Å². The second-order valence-electron chi connectivity index (χ2n) is 6.02. The average Bonchev–Trinajstić information content (AvgIpc) is 3.00. The van der Waals surface area contributed by atoms with Gasteiger partial charge in [-0.2, -0.15) is 4.68 Å². The van der Waals surface area contributed by atoms with Gasteiger partial charge in [-0.05, 0) is 42.3 Å². The Morgan fingerprint density at radius 2 is 1.96 bits per heavy atom. The van der Waals surface area contributed by atoms with Crippen LogP contribution < -0.4 is 5.69 Å². The lowest BCUT2D eigenvalue weighted by Gasteiger charge is -2.32. The van der Waals surface area contributed by atoms with E-state index in [1.54, 1.807) is 23.1 Å². The summed E-state index contributed by atoms with van der Waals surface area (Å²) in [7, 11) is 0. The molecule has 0 aliphatic heterocycles. The third-order valence-corrected chi connectivity index (χ3v) is 5.33. The highest BCUT2D eigenvalue weighted by atomic mass is 35.5. The lowest BCUT2D eigenvalue weighted by Crippen LogP contribution is -2.46. The Bertz CT molecular complexity index is 826. The Hall–Kier alpha value is -1.86. The molecule has 0 radical (unpaired) electrons. The Morgan fingerprint density at radius 1 is 1.24 bits per heavy atom. The molecule has 7 nitrogen and oxygen atoms in total. The smallest absolute Gasteiger partial charge is 0.320 e. The fourth-order valence-electron chi connectivity index (χ4n) is 3.24. The van der Waals surface area contributed by atoms with Gasteiger partial charge in [0.25, 0.3) is 0 Å². The lowest BCUT2D eigenvalue weighted by molar-refractivity contribution is 0.157. The largest absolute Gasteiger partial charge is 0.377 e. The fourth-order valence-corrected chi connectivity index (χ4v) is 3.61. The van der Waals surface area contributed by atoms with Gasteiger partial charge in [0.05, 0.1) is 15.7 Å². The average molecular weight is 384 g/mol. The van der Waals surface area contributed by atoms with Crippen molar-refractivity contribution in [2.45, 2.75) is 45.1 Å². The van der Waals surface area contributed by atoms with E-state index in [1.807, 2.05) is 6.92 Å². The molecule has 9 heteroatoms. The van der Waals surface area contributed by atoms with E-state index >= 15 is 0 Å². The number of hydrogen-bond acceptors (Lipinski definition) is 4. The van der Waals surface area contributed by atoms with Crippen molar-refractivity contribution < 1.29 is 4.79 Å². The lowest BCUT2D eigenvalue weighted by atomic mass is 9.94. The third-order valence-electron chi connectivity index (χ3n) is 4.52. The normalized spacial score (nSPS) is 15.3. The van der Waals surface area contributed by atoms with Crippen LogP contribution >= 0.6 is 23.2 Å². The van der Waals surface area contributed by atoms with Crippen LogP contribution in [0.4, 0.5) is 4.79 Å². The summed E-state index contributed by atoms with van der Waals surface area (Å²) in [6, 6.07) is 4.53. The number of rotatable bonds is 3. The van der Waals surface area contributed by atoms with Gasteiger partial charge in [-0.3, -0.25) is 0 Å². The summed E-state index contributed by atoms with van der Waals surface area (Å²) in [5.74, 6) is 0. The Kier molecular flexibility index (Phi) is 5.44. The molecule has 1 aromatic carbocycles. The molecule has 1 fully saturated rings. The van der Waals surface area contributed by atoms with Crippen molar-refractivity contribution in [1.29, 1.82) is 0 Å². The Morgan fingerprint density at radius 3 is 2.64 bits per heavy atom. The van der Waals surface area contributed by atoms with Gasteiger partial charge in [-0.1, -0.05) is 48.5 Å². The predicted octanol–water partition coefficient (Wildman–Crippen LogP) is 3.36. The highest BCUT2D eigenvalue weighted by Gasteiger charge is 2.28. The van der Waals surface area contributed by atoms with Gasteiger partial charge in [0.1, 0.15) is 0 Å². The zero-order chi connectivity index (χ0) is 18.0. The number of tetrazole rings is 1. The first kappa shape index (κ1) is 17.9. The number of halogens is 2. The molecule has 3 rings (SSSR count). The molecule has 1 aliphatic rings. The van der Waals surface area contributed by atoms with E-state index in [-0.39, 0.29) is 11.1 Å². The van der Waals surface area contributed by atoms with E-state index in [0.29, 0.717) is 17.3 Å². The molecule has 134 valence electrons. The summed E-state index contributed by atoms with van der Waals surface area (Å²) in [6.45, 7) is 2.41. The summed E-state index contributed by atoms with van der Waals surface area (Å²) in [6.07, 6.45) is 5.26. The molecule has 0 unspecified atom stereocenters. The van der Waals surface area contributed by atoms with E-state index in [2.05, 4.69) is 10.4 Å². The van der Waals surface area contributed by atoms with Gasteiger partial charge in [0, 0.05) is 12.6 Å². The highest BCUT2D eigenvalue weighted by Crippen LogP contribution is 2.27. The van der Waals surface area contributed by atoms with Crippen LogP contribution in [0.2, 0.25) is 10.0 Å². The molecular formula is C16H19Cl2N5O2. The molecule has 0 saturated heterocycles. The van der Waals surface area contributed by atoms with Crippen molar-refractivity contribution in [3.63, 3.8) is 0 Å². The van der Waals surface area contributed by atoms with Gasteiger partial charge < -0.3 is 4.90 Å².